The van der Waals surface area contributed by atoms with Gasteiger partial charge in [-0.15, -0.1) is 0 Å². The number of rotatable bonds is 3. The van der Waals surface area contributed by atoms with E-state index in [1.807, 2.05) is 30.3 Å². The molecule has 0 aliphatic carbocycles. The quantitative estimate of drug-likeness (QED) is 0.797. The summed E-state index contributed by atoms with van der Waals surface area (Å²) in [5, 5.41) is 11.3. The zero-order valence-corrected chi connectivity index (χ0v) is 11.7. The lowest BCUT2D eigenvalue weighted by molar-refractivity contribution is 0.149. The molecule has 3 rings (SSSR count). The first kappa shape index (κ1) is 12.4. The van der Waals surface area contributed by atoms with Gasteiger partial charge in [0.05, 0.1) is 5.52 Å². The van der Waals surface area contributed by atoms with Crippen LogP contribution in [0.15, 0.2) is 57.7 Å². The van der Waals surface area contributed by atoms with Gasteiger partial charge in [-0.25, -0.2) is 0 Å². The first-order chi connectivity index (χ1) is 9.24. The van der Waals surface area contributed by atoms with Gasteiger partial charge in [-0.1, -0.05) is 18.2 Å². The standard InChI is InChI=1S/C15H12BrNO2/c16-15-6-5-14(19-15)13(18)9-10-7-8-17-12-4-2-1-3-11(10)12/h1-8,13,18H,9H2. The second-order valence-electron chi connectivity index (χ2n) is 4.35. The maximum atomic E-state index is 10.2. The third-order valence-corrected chi connectivity index (χ3v) is 3.50. The number of para-hydroxylation sites is 1. The van der Waals surface area contributed by atoms with E-state index in [0.29, 0.717) is 16.9 Å². The Kier molecular flexibility index (Phi) is 3.36. The molecule has 2 heterocycles. The van der Waals surface area contributed by atoms with Crippen LogP contribution in [0.4, 0.5) is 0 Å². The highest BCUT2D eigenvalue weighted by Crippen LogP contribution is 2.26. The minimum atomic E-state index is -0.655. The molecule has 19 heavy (non-hydrogen) atoms. The Morgan fingerprint density at radius 2 is 2.00 bits per heavy atom. The third kappa shape index (κ3) is 2.55. The van der Waals surface area contributed by atoms with Crippen LogP contribution in [0, 0.1) is 0 Å². The van der Waals surface area contributed by atoms with Crippen LogP contribution >= 0.6 is 15.9 Å². The molecule has 0 bridgehead atoms. The van der Waals surface area contributed by atoms with E-state index in [9.17, 15) is 5.11 Å². The fourth-order valence-electron chi connectivity index (χ4n) is 2.15. The van der Waals surface area contributed by atoms with Gasteiger partial charge >= 0.3 is 0 Å². The number of furan rings is 1. The van der Waals surface area contributed by atoms with Crippen LogP contribution in [0.1, 0.15) is 17.4 Å². The first-order valence-corrected chi connectivity index (χ1v) is 6.79. The van der Waals surface area contributed by atoms with Crippen molar-refractivity contribution in [1.82, 2.24) is 4.98 Å². The van der Waals surface area contributed by atoms with E-state index in [1.165, 1.54) is 0 Å². The summed E-state index contributed by atoms with van der Waals surface area (Å²) in [7, 11) is 0. The van der Waals surface area contributed by atoms with E-state index in [0.717, 1.165) is 16.5 Å². The average molecular weight is 318 g/mol. The zero-order valence-electron chi connectivity index (χ0n) is 10.1. The molecule has 0 aliphatic heterocycles. The molecule has 0 saturated heterocycles. The van der Waals surface area contributed by atoms with Crippen LogP contribution in [-0.4, -0.2) is 10.1 Å². The van der Waals surface area contributed by atoms with Crippen molar-refractivity contribution in [2.24, 2.45) is 0 Å². The van der Waals surface area contributed by atoms with Crippen molar-refractivity contribution in [3.8, 4) is 0 Å². The van der Waals surface area contributed by atoms with E-state index in [2.05, 4.69) is 20.9 Å². The second-order valence-corrected chi connectivity index (χ2v) is 5.13. The van der Waals surface area contributed by atoms with Gasteiger partial charge in [0, 0.05) is 18.0 Å². The Hall–Kier alpha value is -1.65. The monoisotopic (exact) mass is 317 g/mol. The van der Waals surface area contributed by atoms with Crippen molar-refractivity contribution in [3.63, 3.8) is 0 Å². The summed E-state index contributed by atoms with van der Waals surface area (Å²) in [6, 6.07) is 13.4. The van der Waals surface area contributed by atoms with Gasteiger partial charge < -0.3 is 9.52 Å². The molecule has 0 amide bonds. The van der Waals surface area contributed by atoms with Crippen LogP contribution in [-0.2, 0) is 6.42 Å². The smallest absolute Gasteiger partial charge is 0.169 e. The largest absolute Gasteiger partial charge is 0.452 e. The van der Waals surface area contributed by atoms with Crippen molar-refractivity contribution in [2.45, 2.75) is 12.5 Å². The van der Waals surface area contributed by atoms with Crippen LogP contribution in [0.2, 0.25) is 0 Å². The molecule has 3 aromatic rings. The van der Waals surface area contributed by atoms with Crippen LogP contribution in [0.3, 0.4) is 0 Å². The van der Waals surface area contributed by atoms with Gasteiger partial charge in [0.2, 0.25) is 0 Å². The normalized spacial score (nSPS) is 12.7. The number of halogens is 1. The second kappa shape index (κ2) is 5.15. The van der Waals surface area contributed by atoms with Crippen molar-refractivity contribution >= 4 is 26.8 Å². The van der Waals surface area contributed by atoms with E-state index in [-0.39, 0.29) is 0 Å². The molecule has 96 valence electrons. The van der Waals surface area contributed by atoms with Crippen molar-refractivity contribution in [1.29, 1.82) is 0 Å². The van der Waals surface area contributed by atoms with E-state index in [4.69, 9.17) is 4.42 Å². The molecule has 1 unspecified atom stereocenters. The Bertz CT molecular complexity index is 703. The predicted molar refractivity (Wildman–Crippen MR) is 76.8 cm³/mol. The van der Waals surface area contributed by atoms with E-state index < -0.39 is 6.10 Å². The molecule has 2 aromatic heterocycles. The number of benzene rings is 1. The summed E-state index contributed by atoms with van der Waals surface area (Å²) in [5.74, 6) is 0.563. The Labute approximate surface area is 119 Å². The van der Waals surface area contributed by atoms with Gasteiger partial charge in [-0.05, 0) is 45.8 Å². The minimum absolute atomic E-state index is 0.503. The maximum absolute atomic E-state index is 10.2. The number of hydrogen-bond donors (Lipinski definition) is 1. The molecule has 0 saturated carbocycles. The molecule has 1 N–H and O–H groups in total. The molecular weight excluding hydrogens is 306 g/mol. The number of hydrogen-bond acceptors (Lipinski definition) is 3. The molecule has 0 radical (unpaired) electrons. The summed E-state index contributed by atoms with van der Waals surface area (Å²) in [5.41, 5.74) is 2.00. The summed E-state index contributed by atoms with van der Waals surface area (Å²) < 4.78 is 6.01. The number of aliphatic hydroxyl groups excluding tert-OH is 1. The predicted octanol–water partition coefficient (Wildman–Crippen LogP) is 3.87. The van der Waals surface area contributed by atoms with Crippen molar-refractivity contribution in [3.05, 3.63) is 64.7 Å². The van der Waals surface area contributed by atoms with Crippen LogP contribution in [0.5, 0.6) is 0 Å². The van der Waals surface area contributed by atoms with Crippen LogP contribution < -0.4 is 0 Å². The number of nitrogens with zero attached hydrogens (tertiary/aromatic N) is 1. The SMILES string of the molecule is OC(Cc1ccnc2ccccc12)c1ccc(Br)o1. The van der Waals surface area contributed by atoms with Gasteiger partial charge in [-0.3, -0.25) is 4.98 Å². The number of aromatic nitrogens is 1. The number of fused-ring (bicyclic) bond motifs is 1. The fourth-order valence-corrected chi connectivity index (χ4v) is 2.47. The third-order valence-electron chi connectivity index (χ3n) is 3.08. The maximum Gasteiger partial charge on any atom is 0.169 e. The lowest BCUT2D eigenvalue weighted by Crippen LogP contribution is -2.01. The summed E-state index contributed by atoms with van der Waals surface area (Å²) in [6.45, 7) is 0. The molecule has 0 fully saturated rings. The highest BCUT2D eigenvalue weighted by molar-refractivity contribution is 9.10. The molecule has 3 nitrogen and oxygen atoms in total. The van der Waals surface area contributed by atoms with Gasteiger partial charge in [0.25, 0.3) is 0 Å². The number of pyridine rings is 1. The fraction of sp³-hybridized carbons (Fsp3) is 0.133. The first-order valence-electron chi connectivity index (χ1n) is 6.00. The number of aliphatic hydroxyl groups is 1. The highest BCUT2D eigenvalue weighted by Gasteiger charge is 2.14. The molecular formula is C15H12BrNO2. The highest BCUT2D eigenvalue weighted by atomic mass is 79.9. The topological polar surface area (TPSA) is 46.3 Å². The lowest BCUT2D eigenvalue weighted by Gasteiger charge is -2.10. The van der Waals surface area contributed by atoms with E-state index in [1.54, 1.807) is 18.3 Å². The van der Waals surface area contributed by atoms with Crippen LogP contribution in [0.25, 0.3) is 10.9 Å². The lowest BCUT2D eigenvalue weighted by atomic mass is 10.0. The molecule has 1 aromatic carbocycles. The summed E-state index contributed by atoms with van der Waals surface area (Å²) >= 11 is 3.24. The molecule has 0 aliphatic rings. The Balaban J connectivity index is 1.93. The minimum Gasteiger partial charge on any atom is -0.452 e. The molecule has 4 heteroatoms. The van der Waals surface area contributed by atoms with Gasteiger partial charge in [0.15, 0.2) is 4.67 Å². The van der Waals surface area contributed by atoms with Gasteiger partial charge in [-0.2, -0.15) is 0 Å². The Morgan fingerprint density at radius 1 is 1.16 bits per heavy atom. The van der Waals surface area contributed by atoms with Crippen molar-refractivity contribution in [2.75, 3.05) is 0 Å². The zero-order chi connectivity index (χ0) is 13.2. The average Bonchev–Trinajstić information content (AvgIpc) is 2.86. The van der Waals surface area contributed by atoms with Crippen molar-refractivity contribution < 1.29 is 9.52 Å². The van der Waals surface area contributed by atoms with E-state index >= 15 is 0 Å². The molecule has 0 spiro atoms. The summed E-state index contributed by atoms with van der Waals surface area (Å²) in [4.78, 5) is 4.31. The molecule has 1 atom stereocenters. The van der Waals surface area contributed by atoms with Gasteiger partial charge in [0.1, 0.15) is 11.9 Å². The summed E-state index contributed by atoms with van der Waals surface area (Å²) in [6.07, 6.45) is 1.61. The Morgan fingerprint density at radius 3 is 2.79 bits per heavy atom.